The van der Waals surface area contributed by atoms with Crippen LogP contribution in [0, 0.1) is 0 Å². The van der Waals surface area contributed by atoms with Crippen molar-refractivity contribution in [3.05, 3.63) is 45.1 Å². The van der Waals surface area contributed by atoms with Crippen molar-refractivity contribution in [3.63, 3.8) is 0 Å². The standard InChI is InChI=1S/C20H24Br2N4O2/c21-11-5-1-7-13-25-18-17(23-15-9-3-4-10-16(15)24-18)19(27)26(20(25)28)14-8-2-6-12-22/h3-4,9-10H,1-2,5-8,11-14H2. The molecular weight excluding hydrogens is 488 g/mol. The van der Waals surface area contributed by atoms with Gasteiger partial charge in [0.2, 0.25) is 0 Å². The number of para-hydroxylation sites is 2. The Labute approximate surface area is 180 Å². The van der Waals surface area contributed by atoms with E-state index in [0.717, 1.165) is 49.2 Å². The summed E-state index contributed by atoms with van der Waals surface area (Å²) in [6.45, 7) is 0.952. The molecule has 0 fully saturated rings. The van der Waals surface area contributed by atoms with Crippen LogP contribution >= 0.6 is 31.9 Å². The average molecular weight is 512 g/mol. The Bertz CT molecular complexity index is 1060. The first kappa shape index (κ1) is 21.2. The summed E-state index contributed by atoms with van der Waals surface area (Å²) >= 11 is 6.86. The molecule has 2 heterocycles. The largest absolute Gasteiger partial charge is 0.332 e. The number of benzene rings is 1. The molecule has 150 valence electrons. The molecule has 8 heteroatoms. The first-order chi connectivity index (χ1) is 13.7. The number of unbranched alkanes of at least 4 members (excludes halogenated alkanes) is 4. The molecule has 3 aromatic rings. The minimum atomic E-state index is -0.339. The Kier molecular flexibility index (Phi) is 7.79. The molecule has 0 aliphatic carbocycles. The van der Waals surface area contributed by atoms with Crippen molar-refractivity contribution >= 4 is 54.1 Å². The van der Waals surface area contributed by atoms with Gasteiger partial charge in [0.05, 0.1) is 11.0 Å². The second kappa shape index (κ2) is 10.3. The van der Waals surface area contributed by atoms with E-state index in [2.05, 4.69) is 41.8 Å². The molecule has 0 saturated heterocycles. The predicted molar refractivity (Wildman–Crippen MR) is 121 cm³/mol. The highest BCUT2D eigenvalue weighted by atomic mass is 79.9. The highest BCUT2D eigenvalue weighted by Gasteiger charge is 2.16. The molecule has 28 heavy (non-hydrogen) atoms. The number of hydrogen-bond donors (Lipinski definition) is 0. The summed E-state index contributed by atoms with van der Waals surface area (Å²) in [6, 6.07) is 7.45. The van der Waals surface area contributed by atoms with Crippen LogP contribution in [0.2, 0.25) is 0 Å². The van der Waals surface area contributed by atoms with Crippen LogP contribution in [0.4, 0.5) is 0 Å². The fourth-order valence-corrected chi connectivity index (χ4v) is 4.05. The number of hydrogen-bond acceptors (Lipinski definition) is 4. The number of fused-ring (bicyclic) bond motifs is 2. The molecule has 0 N–H and O–H groups in total. The van der Waals surface area contributed by atoms with Gasteiger partial charge in [-0.15, -0.1) is 0 Å². The molecule has 6 nitrogen and oxygen atoms in total. The van der Waals surface area contributed by atoms with Gasteiger partial charge in [0.25, 0.3) is 5.56 Å². The lowest BCUT2D eigenvalue weighted by molar-refractivity contribution is 0.516. The van der Waals surface area contributed by atoms with Crippen LogP contribution in [0.25, 0.3) is 22.2 Å². The molecule has 1 aromatic carbocycles. The second-order valence-electron chi connectivity index (χ2n) is 6.77. The zero-order valence-corrected chi connectivity index (χ0v) is 18.9. The van der Waals surface area contributed by atoms with E-state index in [0.29, 0.717) is 29.8 Å². The minimum absolute atomic E-state index is 0.277. The third-order valence-corrected chi connectivity index (χ3v) is 5.87. The van der Waals surface area contributed by atoms with Crippen LogP contribution in [0.1, 0.15) is 38.5 Å². The van der Waals surface area contributed by atoms with E-state index in [9.17, 15) is 9.59 Å². The van der Waals surface area contributed by atoms with Crippen LogP contribution in [0.5, 0.6) is 0 Å². The number of rotatable bonds is 10. The highest BCUT2D eigenvalue weighted by Crippen LogP contribution is 2.13. The van der Waals surface area contributed by atoms with E-state index in [-0.39, 0.29) is 16.8 Å². The van der Waals surface area contributed by atoms with Gasteiger partial charge in [0.1, 0.15) is 0 Å². The summed E-state index contributed by atoms with van der Waals surface area (Å²) in [5.41, 5.74) is 1.41. The van der Waals surface area contributed by atoms with Gasteiger partial charge in [-0.25, -0.2) is 14.8 Å². The Hall–Kier alpha value is -1.54. The van der Waals surface area contributed by atoms with Gasteiger partial charge in [0.15, 0.2) is 11.2 Å². The normalized spacial score (nSPS) is 11.5. The van der Waals surface area contributed by atoms with Crippen molar-refractivity contribution in [1.29, 1.82) is 0 Å². The maximum atomic E-state index is 13.1. The monoisotopic (exact) mass is 510 g/mol. The van der Waals surface area contributed by atoms with Crippen molar-refractivity contribution in [2.45, 2.75) is 51.6 Å². The maximum absolute atomic E-state index is 13.1. The molecule has 0 radical (unpaired) electrons. The summed E-state index contributed by atoms with van der Waals surface area (Å²) < 4.78 is 2.97. The van der Waals surface area contributed by atoms with Gasteiger partial charge in [-0.1, -0.05) is 56.8 Å². The van der Waals surface area contributed by atoms with E-state index in [1.54, 1.807) is 4.57 Å². The smallest absolute Gasteiger partial charge is 0.276 e. The second-order valence-corrected chi connectivity index (χ2v) is 8.36. The van der Waals surface area contributed by atoms with Gasteiger partial charge in [-0.05, 0) is 37.8 Å². The Balaban J connectivity index is 2.10. The topological polar surface area (TPSA) is 69.8 Å². The zero-order valence-electron chi connectivity index (χ0n) is 15.7. The zero-order chi connectivity index (χ0) is 19.9. The minimum Gasteiger partial charge on any atom is -0.276 e. The maximum Gasteiger partial charge on any atom is 0.332 e. The van der Waals surface area contributed by atoms with E-state index >= 15 is 0 Å². The molecule has 0 aliphatic heterocycles. The summed E-state index contributed by atoms with van der Waals surface area (Å²) in [5.74, 6) is 0. The molecule has 0 unspecified atom stereocenters. The Morgan fingerprint density at radius 1 is 0.750 bits per heavy atom. The van der Waals surface area contributed by atoms with Gasteiger partial charge in [-0.2, -0.15) is 0 Å². The van der Waals surface area contributed by atoms with Crippen molar-refractivity contribution in [2.75, 3.05) is 10.7 Å². The molecule has 0 atom stereocenters. The third kappa shape index (κ3) is 4.71. The van der Waals surface area contributed by atoms with Crippen molar-refractivity contribution in [1.82, 2.24) is 19.1 Å². The van der Waals surface area contributed by atoms with Crippen molar-refractivity contribution in [2.24, 2.45) is 0 Å². The fraction of sp³-hybridized carbons (Fsp3) is 0.500. The van der Waals surface area contributed by atoms with E-state index in [1.165, 1.54) is 4.57 Å². The van der Waals surface area contributed by atoms with Gasteiger partial charge < -0.3 is 0 Å². The molecule has 0 bridgehead atoms. The number of halogens is 2. The number of nitrogens with zero attached hydrogens (tertiary/aromatic N) is 4. The molecular formula is C20H24Br2N4O2. The van der Waals surface area contributed by atoms with Gasteiger partial charge >= 0.3 is 5.69 Å². The Morgan fingerprint density at radius 3 is 1.93 bits per heavy atom. The number of aromatic nitrogens is 4. The molecule has 0 amide bonds. The van der Waals surface area contributed by atoms with E-state index < -0.39 is 0 Å². The lowest BCUT2D eigenvalue weighted by Crippen LogP contribution is -2.41. The first-order valence-corrected chi connectivity index (χ1v) is 11.9. The fourth-order valence-electron chi connectivity index (χ4n) is 3.25. The van der Waals surface area contributed by atoms with Crippen LogP contribution in [0.15, 0.2) is 33.9 Å². The lowest BCUT2D eigenvalue weighted by Gasteiger charge is -2.13. The van der Waals surface area contributed by atoms with Crippen LogP contribution in [0.3, 0.4) is 0 Å². The molecule has 0 aliphatic rings. The summed E-state index contributed by atoms with van der Waals surface area (Å²) in [5, 5.41) is 1.87. The van der Waals surface area contributed by atoms with Gasteiger partial charge in [-0.3, -0.25) is 13.9 Å². The Morgan fingerprint density at radius 2 is 1.32 bits per heavy atom. The SMILES string of the molecule is O=c1c2nc3ccccc3nc2n(CCCCCBr)c(=O)n1CCCCCBr. The predicted octanol–water partition coefficient (Wildman–Crippen LogP) is 4.24. The summed E-state index contributed by atoms with van der Waals surface area (Å²) in [4.78, 5) is 35.3. The van der Waals surface area contributed by atoms with E-state index in [1.807, 2.05) is 24.3 Å². The van der Waals surface area contributed by atoms with Crippen molar-refractivity contribution < 1.29 is 0 Å². The third-order valence-electron chi connectivity index (χ3n) is 4.75. The average Bonchev–Trinajstić information content (AvgIpc) is 2.71. The summed E-state index contributed by atoms with van der Waals surface area (Å²) in [7, 11) is 0. The van der Waals surface area contributed by atoms with Crippen molar-refractivity contribution in [3.8, 4) is 0 Å². The first-order valence-electron chi connectivity index (χ1n) is 9.69. The number of alkyl halides is 2. The number of aryl methyl sites for hydroxylation is 1. The highest BCUT2D eigenvalue weighted by molar-refractivity contribution is 9.09. The molecule has 2 aromatic heterocycles. The van der Waals surface area contributed by atoms with E-state index in [4.69, 9.17) is 0 Å². The van der Waals surface area contributed by atoms with Crippen LogP contribution in [-0.2, 0) is 13.1 Å². The molecule has 0 spiro atoms. The molecule has 0 saturated carbocycles. The van der Waals surface area contributed by atoms with Crippen LogP contribution in [-0.4, -0.2) is 29.8 Å². The quantitative estimate of drug-likeness (QED) is 0.232. The van der Waals surface area contributed by atoms with Crippen LogP contribution < -0.4 is 11.2 Å². The lowest BCUT2D eigenvalue weighted by atomic mass is 10.2. The molecule has 3 rings (SSSR count). The van der Waals surface area contributed by atoms with Gasteiger partial charge in [0, 0.05) is 23.7 Å². The summed E-state index contributed by atoms with van der Waals surface area (Å²) in [6.07, 6.45) is 5.68.